The number of carboxylic acids is 1. The van der Waals surface area contributed by atoms with Crippen LogP contribution in [-0.4, -0.2) is 66.9 Å². The Morgan fingerprint density at radius 3 is 0.989 bits per heavy atom. The maximum atomic E-state index is 13.2. The highest BCUT2D eigenvalue weighted by Crippen LogP contribution is 2.31. The number of carboxylic acid groups (broad SMARTS) is 1. The number of pyridine rings is 3. The first-order chi connectivity index (χ1) is 45.6. The smallest absolute Gasteiger partial charge is 0.340 e. The Bertz CT molecular complexity index is 4510. The SMILES string of the molecule is CC(C)(C)OC(=O)c1ccc(Br)cc1NC(=O)c1cncc(-c2ccccc2)c1.CC(C)(C)OC(=O)c1ccc(Nc2ccccc2)cc1NC(=O)c1cncc(-c2ccccc2)c1.O=C(Nc1cc(Nc2ccccc2)ccc1C(=O)O)c1cncc(-c2ccccc2)c1. The number of anilines is 7. The highest BCUT2D eigenvalue weighted by molar-refractivity contribution is 9.10. The van der Waals surface area contributed by atoms with Crippen molar-refractivity contribution in [2.45, 2.75) is 52.7 Å². The number of ether oxygens (including phenoxy) is 2. The van der Waals surface area contributed by atoms with Gasteiger partial charge < -0.3 is 41.2 Å². The van der Waals surface area contributed by atoms with Gasteiger partial charge in [-0.15, -0.1) is 0 Å². The summed E-state index contributed by atoms with van der Waals surface area (Å²) in [5, 5.41) is 24.4. The maximum absolute atomic E-state index is 13.2. The van der Waals surface area contributed by atoms with E-state index in [1.807, 2.05) is 152 Å². The van der Waals surface area contributed by atoms with Crippen molar-refractivity contribution in [3.05, 3.63) is 299 Å². The first-order valence-electron chi connectivity index (χ1n) is 30.0. The second kappa shape index (κ2) is 31.4. The van der Waals surface area contributed by atoms with E-state index in [2.05, 4.69) is 57.5 Å². The van der Waals surface area contributed by atoms with Gasteiger partial charge in [-0.1, -0.05) is 143 Å². The van der Waals surface area contributed by atoms with Crippen LogP contribution in [0.4, 0.5) is 39.8 Å². The van der Waals surface area contributed by atoms with Gasteiger partial charge in [0.25, 0.3) is 17.7 Å². The van der Waals surface area contributed by atoms with E-state index in [4.69, 9.17) is 9.47 Å². The first kappa shape index (κ1) is 67.5. The molecule has 17 nitrogen and oxygen atoms in total. The van der Waals surface area contributed by atoms with E-state index >= 15 is 0 Å². The molecule has 3 heterocycles. The van der Waals surface area contributed by atoms with Crippen LogP contribution in [0.3, 0.4) is 0 Å². The topological polar surface area (TPSA) is 240 Å². The molecule has 6 N–H and O–H groups in total. The number of carbonyl (C=O) groups excluding carboxylic acids is 5. The Hall–Kier alpha value is -11.9. The van der Waals surface area contributed by atoms with E-state index in [0.717, 1.165) is 54.9 Å². The molecule has 0 bridgehead atoms. The zero-order chi connectivity index (χ0) is 67.5. The first-order valence-corrected chi connectivity index (χ1v) is 30.8. The van der Waals surface area contributed by atoms with Gasteiger partial charge in [-0.05, 0) is 155 Å². The van der Waals surface area contributed by atoms with Crippen molar-refractivity contribution in [3.63, 3.8) is 0 Å². The van der Waals surface area contributed by atoms with Crippen LogP contribution in [0, 0.1) is 0 Å². The molecule has 0 radical (unpaired) electrons. The van der Waals surface area contributed by atoms with Crippen molar-refractivity contribution in [1.82, 2.24) is 15.0 Å². The number of nitrogens with one attached hydrogen (secondary N) is 5. The summed E-state index contributed by atoms with van der Waals surface area (Å²) >= 11 is 3.38. The van der Waals surface area contributed by atoms with E-state index in [1.165, 1.54) is 24.7 Å². The van der Waals surface area contributed by atoms with Crippen LogP contribution >= 0.6 is 15.9 Å². The number of amides is 3. The Balaban J connectivity index is 0.000000168. The molecule has 0 unspecified atom stereocenters. The lowest BCUT2D eigenvalue weighted by atomic mass is 10.1. The summed E-state index contributed by atoms with van der Waals surface area (Å²) < 4.78 is 11.7. The Labute approximate surface area is 558 Å². The number of hydrogen-bond donors (Lipinski definition) is 6. The minimum absolute atomic E-state index is 0.000801. The molecule has 0 saturated heterocycles. The van der Waals surface area contributed by atoms with Gasteiger partial charge in [-0.2, -0.15) is 0 Å². The number of nitrogens with zero attached hydrogens (tertiary/aromatic N) is 3. The molecule has 11 aromatic rings. The van der Waals surface area contributed by atoms with E-state index < -0.39 is 35.0 Å². The summed E-state index contributed by atoms with van der Waals surface area (Å²) in [6, 6.07) is 68.3. The van der Waals surface area contributed by atoms with Crippen molar-refractivity contribution < 1.29 is 43.3 Å². The van der Waals surface area contributed by atoms with Crippen molar-refractivity contribution in [2.24, 2.45) is 0 Å². The van der Waals surface area contributed by atoms with Gasteiger partial charge in [0.1, 0.15) is 11.2 Å². The van der Waals surface area contributed by atoms with Crippen molar-refractivity contribution in [3.8, 4) is 33.4 Å². The third kappa shape index (κ3) is 19.8. The van der Waals surface area contributed by atoms with Gasteiger partial charge in [0.15, 0.2) is 0 Å². The highest BCUT2D eigenvalue weighted by Gasteiger charge is 2.25. The number of rotatable bonds is 16. The van der Waals surface area contributed by atoms with Crippen LogP contribution in [0.5, 0.6) is 0 Å². The fourth-order valence-electron chi connectivity index (χ4n) is 9.30. The monoisotopic (exact) mass is 1330 g/mol. The molecule has 3 aromatic heterocycles. The number of carbonyl (C=O) groups is 6. The minimum atomic E-state index is -1.13. The molecule has 476 valence electrons. The van der Waals surface area contributed by atoms with Gasteiger partial charge in [0.2, 0.25) is 0 Å². The molecule has 8 aromatic carbocycles. The molecule has 3 amide bonds. The lowest BCUT2D eigenvalue weighted by Crippen LogP contribution is -2.25. The van der Waals surface area contributed by atoms with Crippen LogP contribution in [0.1, 0.15) is 104 Å². The molecule has 95 heavy (non-hydrogen) atoms. The van der Waals surface area contributed by atoms with Crippen molar-refractivity contribution in [1.29, 1.82) is 0 Å². The lowest BCUT2D eigenvalue weighted by molar-refractivity contribution is 0.00580. The second-order valence-corrected chi connectivity index (χ2v) is 24.3. The van der Waals surface area contributed by atoms with Gasteiger partial charge >= 0.3 is 17.9 Å². The summed E-state index contributed by atoms with van der Waals surface area (Å²) in [5.41, 5.74) is 9.65. The van der Waals surface area contributed by atoms with Crippen molar-refractivity contribution >= 4 is 91.4 Å². The number of aromatic carboxylic acids is 1. The number of para-hydroxylation sites is 2. The summed E-state index contributed by atoms with van der Waals surface area (Å²) in [7, 11) is 0. The summed E-state index contributed by atoms with van der Waals surface area (Å²) in [6.45, 7) is 10.8. The van der Waals surface area contributed by atoms with Crippen LogP contribution in [0.15, 0.2) is 266 Å². The van der Waals surface area contributed by atoms with E-state index in [1.54, 1.807) is 127 Å². The Kier molecular flexibility index (Phi) is 22.3. The normalized spacial score (nSPS) is 10.8. The van der Waals surface area contributed by atoms with Crippen LogP contribution in [-0.2, 0) is 9.47 Å². The molecule has 0 spiro atoms. The van der Waals surface area contributed by atoms with E-state index in [9.17, 15) is 33.9 Å². The molecule has 0 atom stereocenters. The molecule has 0 aliphatic rings. The van der Waals surface area contributed by atoms with Crippen LogP contribution in [0.25, 0.3) is 33.4 Å². The van der Waals surface area contributed by atoms with E-state index in [0.29, 0.717) is 33.8 Å². The Morgan fingerprint density at radius 2 is 0.653 bits per heavy atom. The number of benzene rings is 8. The fraction of sp³-hybridized carbons (Fsp3) is 0.104. The summed E-state index contributed by atoms with van der Waals surface area (Å²) in [4.78, 5) is 88.6. The van der Waals surface area contributed by atoms with Gasteiger partial charge in [0, 0.05) is 81.1 Å². The van der Waals surface area contributed by atoms with E-state index in [-0.39, 0.29) is 34.2 Å². The predicted octanol–water partition coefficient (Wildman–Crippen LogP) is 17.9. The molecule has 0 saturated carbocycles. The average Bonchev–Trinajstić information content (AvgIpc) is 0.957. The van der Waals surface area contributed by atoms with Crippen LogP contribution in [0.2, 0.25) is 0 Å². The number of esters is 2. The number of hydrogen-bond acceptors (Lipinski definition) is 13. The van der Waals surface area contributed by atoms with Crippen molar-refractivity contribution in [2.75, 3.05) is 26.6 Å². The average molecular weight is 1330 g/mol. The number of aromatic nitrogens is 3. The second-order valence-electron chi connectivity index (χ2n) is 23.3. The third-order valence-corrected chi connectivity index (χ3v) is 14.2. The molecular formula is C77H67BrN8O9. The molecule has 0 aliphatic heterocycles. The quantitative estimate of drug-likeness (QED) is 0.0494. The maximum Gasteiger partial charge on any atom is 0.340 e. The zero-order valence-corrected chi connectivity index (χ0v) is 54.3. The summed E-state index contributed by atoms with van der Waals surface area (Å²) in [5.74, 6) is -3.33. The Morgan fingerprint density at radius 1 is 0.347 bits per heavy atom. The number of halogens is 1. The molecule has 0 fully saturated rings. The lowest BCUT2D eigenvalue weighted by Gasteiger charge is -2.21. The zero-order valence-electron chi connectivity index (χ0n) is 52.8. The van der Waals surface area contributed by atoms with Crippen LogP contribution < -0.4 is 26.6 Å². The standard InChI is InChI=1S/C29H27N3O3.C25H19N3O3.C23H21BrN2O3/c1-29(2,3)35-28(34)25-15-14-24(31-23-12-8-5-9-13-23)17-26(25)32-27(33)22-16-21(18-30-19-22)20-10-6-4-7-11-20;29-24(19-13-18(15-26-16-19)17-7-3-1-4-8-17)28-23-14-21(11-12-22(23)25(30)31)27-20-9-5-2-6-10-20;1-23(2,3)29-22(28)19-10-9-18(24)12-20(19)26-21(27)17-11-16(13-25-14-17)15-7-5-4-6-8-15/h4-19,31H,1-3H3,(H,32,33);1-16,27H,(H,28,29)(H,30,31);4-14H,1-3H3,(H,26,27). The fourth-order valence-corrected chi connectivity index (χ4v) is 9.66. The third-order valence-electron chi connectivity index (χ3n) is 13.7. The van der Waals surface area contributed by atoms with Gasteiger partial charge in [0.05, 0.1) is 50.4 Å². The largest absolute Gasteiger partial charge is 0.478 e. The summed E-state index contributed by atoms with van der Waals surface area (Å²) in [6.07, 6.45) is 9.54. The van der Waals surface area contributed by atoms with Gasteiger partial charge in [-0.3, -0.25) is 29.3 Å². The molecule has 18 heteroatoms. The molecule has 0 aliphatic carbocycles. The molecular weight excluding hydrogens is 1260 g/mol. The molecule has 11 rings (SSSR count). The predicted molar refractivity (Wildman–Crippen MR) is 377 cm³/mol. The highest BCUT2D eigenvalue weighted by atomic mass is 79.9. The minimum Gasteiger partial charge on any atom is -0.478 e. The van der Waals surface area contributed by atoms with Gasteiger partial charge in [-0.25, -0.2) is 14.4 Å².